The lowest BCUT2D eigenvalue weighted by Crippen LogP contribution is -2.46. The van der Waals surface area contributed by atoms with Crippen LogP contribution < -0.4 is 5.32 Å². The van der Waals surface area contributed by atoms with Crippen molar-refractivity contribution in [2.45, 2.75) is 53.0 Å². The quantitative estimate of drug-likeness (QED) is 0.875. The Morgan fingerprint density at radius 3 is 2.29 bits per heavy atom. The van der Waals surface area contributed by atoms with Crippen molar-refractivity contribution in [1.29, 1.82) is 0 Å². The Morgan fingerprint density at radius 2 is 1.76 bits per heavy atom. The van der Waals surface area contributed by atoms with Gasteiger partial charge >= 0.3 is 5.97 Å². The maximum absolute atomic E-state index is 12.1. The van der Waals surface area contributed by atoms with Crippen molar-refractivity contribution in [3.63, 3.8) is 0 Å². The molecule has 21 heavy (non-hydrogen) atoms. The molecule has 0 fully saturated rings. The monoisotopic (exact) mass is 291 g/mol. The van der Waals surface area contributed by atoms with Crippen LogP contribution in [-0.2, 0) is 11.2 Å². The lowest BCUT2D eigenvalue weighted by atomic mass is 9.81. The summed E-state index contributed by atoms with van der Waals surface area (Å²) in [6.45, 7) is 10.4. The van der Waals surface area contributed by atoms with Crippen molar-refractivity contribution in [2.75, 3.05) is 0 Å². The maximum atomic E-state index is 12.1. The second kappa shape index (κ2) is 6.29. The predicted molar refractivity (Wildman–Crippen MR) is 83.4 cm³/mol. The number of carbonyl (C=O) groups is 2. The molecule has 1 rings (SSSR count). The van der Waals surface area contributed by atoms with Crippen molar-refractivity contribution in [3.05, 3.63) is 35.4 Å². The highest BCUT2D eigenvalue weighted by molar-refractivity contribution is 5.88. The number of carboxylic acids is 1. The molecule has 0 heterocycles. The Balaban J connectivity index is 2.69. The zero-order valence-corrected chi connectivity index (χ0v) is 13.5. The molecule has 0 radical (unpaired) electrons. The largest absolute Gasteiger partial charge is 0.478 e. The van der Waals surface area contributed by atoms with Gasteiger partial charge in [0.25, 0.3) is 0 Å². The first-order chi connectivity index (χ1) is 9.48. The summed E-state index contributed by atoms with van der Waals surface area (Å²) in [4.78, 5) is 23.1. The second-order valence-electron chi connectivity index (χ2n) is 7.35. The fourth-order valence-electron chi connectivity index (χ4n) is 2.79. The minimum absolute atomic E-state index is 0.0909. The molecule has 0 aromatic heterocycles. The lowest BCUT2D eigenvalue weighted by molar-refractivity contribution is -0.122. The predicted octanol–water partition coefficient (Wildman–Crippen LogP) is 3.26. The third-order valence-electron chi connectivity index (χ3n) is 2.99. The molecule has 1 aromatic carbocycles. The van der Waals surface area contributed by atoms with Crippen molar-refractivity contribution >= 4 is 11.9 Å². The standard InChI is InChI=1S/C17H25NO3/c1-16(2,3)11-17(4,5)18-14(19)10-12-7-6-8-13(9-12)15(20)21/h6-9H,10-11H2,1-5H3,(H,18,19)(H,20,21). The maximum Gasteiger partial charge on any atom is 0.335 e. The van der Waals surface area contributed by atoms with Crippen LogP contribution in [-0.4, -0.2) is 22.5 Å². The van der Waals surface area contributed by atoms with Crippen LogP contribution in [0.4, 0.5) is 0 Å². The molecule has 0 atom stereocenters. The van der Waals surface area contributed by atoms with E-state index in [1.165, 1.54) is 6.07 Å². The highest BCUT2D eigenvalue weighted by Gasteiger charge is 2.26. The Bertz CT molecular complexity index is 527. The van der Waals surface area contributed by atoms with Crippen LogP contribution in [0.1, 0.15) is 57.0 Å². The molecular weight excluding hydrogens is 266 g/mol. The molecular formula is C17H25NO3. The van der Waals surface area contributed by atoms with Gasteiger partial charge in [-0.2, -0.15) is 0 Å². The van der Waals surface area contributed by atoms with Crippen LogP contribution in [0.2, 0.25) is 0 Å². The zero-order valence-electron chi connectivity index (χ0n) is 13.5. The van der Waals surface area contributed by atoms with Gasteiger partial charge in [0.2, 0.25) is 5.91 Å². The van der Waals surface area contributed by atoms with Gasteiger partial charge in [-0.1, -0.05) is 32.9 Å². The average molecular weight is 291 g/mol. The van der Waals surface area contributed by atoms with Crippen LogP contribution in [0.3, 0.4) is 0 Å². The van der Waals surface area contributed by atoms with Crippen molar-refractivity contribution < 1.29 is 14.7 Å². The molecule has 116 valence electrons. The third-order valence-corrected chi connectivity index (χ3v) is 2.99. The van der Waals surface area contributed by atoms with Gasteiger partial charge in [-0.25, -0.2) is 4.79 Å². The van der Waals surface area contributed by atoms with E-state index in [0.29, 0.717) is 5.56 Å². The summed E-state index contributed by atoms with van der Waals surface area (Å²) < 4.78 is 0. The third kappa shape index (κ3) is 6.43. The molecule has 0 bridgehead atoms. The van der Waals surface area contributed by atoms with Crippen LogP contribution in [0.15, 0.2) is 24.3 Å². The van der Waals surface area contributed by atoms with E-state index in [-0.39, 0.29) is 28.8 Å². The van der Waals surface area contributed by atoms with Crippen LogP contribution in [0, 0.1) is 5.41 Å². The van der Waals surface area contributed by atoms with Gasteiger partial charge in [-0.05, 0) is 43.4 Å². The summed E-state index contributed by atoms with van der Waals surface area (Å²) in [5, 5.41) is 12.0. The number of carboxylic acid groups (broad SMARTS) is 1. The second-order valence-corrected chi connectivity index (χ2v) is 7.35. The van der Waals surface area contributed by atoms with Gasteiger partial charge in [0.05, 0.1) is 12.0 Å². The molecule has 4 nitrogen and oxygen atoms in total. The van der Waals surface area contributed by atoms with Gasteiger partial charge < -0.3 is 10.4 Å². The molecule has 1 aromatic rings. The van der Waals surface area contributed by atoms with E-state index in [4.69, 9.17) is 5.11 Å². The first kappa shape index (κ1) is 17.2. The Kier molecular flexibility index (Phi) is 5.15. The number of rotatable bonds is 5. The van der Waals surface area contributed by atoms with Crippen LogP contribution >= 0.6 is 0 Å². The molecule has 0 spiro atoms. The summed E-state index contributed by atoms with van der Waals surface area (Å²) in [7, 11) is 0. The van der Waals surface area contributed by atoms with E-state index in [9.17, 15) is 9.59 Å². The molecule has 1 amide bonds. The van der Waals surface area contributed by atoms with E-state index in [1.807, 2.05) is 13.8 Å². The van der Waals surface area contributed by atoms with Crippen LogP contribution in [0.5, 0.6) is 0 Å². The van der Waals surface area contributed by atoms with Gasteiger partial charge in [0.1, 0.15) is 0 Å². The fourth-order valence-corrected chi connectivity index (χ4v) is 2.79. The zero-order chi connectivity index (χ0) is 16.3. The van der Waals surface area contributed by atoms with Crippen molar-refractivity contribution in [3.8, 4) is 0 Å². The molecule has 0 saturated carbocycles. The number of carbonyl (C=O) groups excluding carboxylic acids is 1. The fraction of sp³-hybridized carbons (Fsp3) is 0.529. The van der Waals surface area contributed by atoms with Gasteiger partial charge in [-0.3, -0.25) is 4.79 Å². The van der Waals surface area contributed by atoms with Gasteiger partial charge in [0, 0.05) is 5.54 Å². The summed E-state index contributed by atoms with van der Waals surface area (Å²) in [5.74, 6) is -1.07. The number of amides is 1. The first-order valence-electron chi connectivity index (χ1n) is 7.12. The molecule has 4 heteroatoms. The minimum atomic E-state index is -0.981. The highest BCUT2D eigenvalue weighted by Crippen LogP contribution is 2.26. The van der Waals surface area contributed by atoms with Gasteiger partial charge in [0.15, 0.2) is 0 Å². The number of benzene rings is 1. The van der Waals surface area contributed by atoms with E-state index in [2.05, 4.69) is 26.1 Å². The van der Waals surface area contributed by atoms with E-state index in [0.717, 1.165) is 6.42 Å². The summed E-state index contributed by atoms with van der Waals surface area (Å²) >= 11 is 0. The summed E-state index contributed by atoms with van der Waals surface area (Å²) in [6.07, 6.45) is 1.05. The molecule has 0 unspecified atom stereocenters. The number of aromatic carboxylic acids is 1. The Hall–Kier alpha value is -1.84. The topological polar surface area (TPSA) is 66.4 Å². The van der Waals surface area contributed by atoms with Gasteiger partial charge in [-0.15, -0.1) is 0 Å². The average Bonchev–Trinajstić information content (AvgIpc) is 2.24. The molecule has 0 aliphatic rings. The smallest absolute Gasteiger partial charge is 0.335 e. The summed E-state index contributed by atoms with van der Waals surface area (Å²) in [6, 6.07) is 6.49. The Morgan fingerprint density at radius 1 is 1.14 bits per heavy atom. The number of nitrogens with one attached hydrogen (secondary N) is 1. The molecule has 0 aliphatic heterocycles. The molecule has 2 N–H and O–H groups in total. The van der Waals surface area contributed by atoms with E-state index < -0.39 is 5.97 Å². The van der Waals surface area contributed by atoms with Crippen LogP contribution in [0.25, 0.3) is 0 Å². The van der Waals surface area contributed by atoms with Crippen molar-refractivity contribution in [1.82, 2.24) is 5.32 Å². The summed E-state index contributed by atoms with van der Waals surface area (Å²) in [5.41, 5.74) is 0.743. The minimum Gasteiger partial charge on any atom is -0.478 e. The van der Waals surface area contributed by atoms with E-state index >= 15 is 0 Å². The molecule has 0 aliphatic carbocycles. The lowest BCUT2D eigenvalue weighted by Gasteiger charge is -2.33. The SMILES string of the molecule is CC(C)(C)CC(C)(C)NC(=O)Cc1cccc(C(=O)O)c1. The molecule has 0 saturated heterocycles. The van der Waals surface area contributed by atoms with E-state index in [1.54, 1.807) is 18.2 Å². The first-order valence-corrected chi connectivity index (χ1v) is 7.12. The van der Waals surface area contributed by atoms with Crippen molar-refractivity contribution in [2.24, 2.45) is 5.41 Å². The number of hydrogen-bond donors (Lipinski definition) is 2. The number of hydrogen-bond acceptors (Lipinski definition) is 2. The highest BCUT2D eigenvalue weighted by atomic mass is 16.4. The normalized spacial score (nSPS) is 12.0. The Labute approximate surface area is 126 Å².